The lowest BCUT2D eigenvalue weighted by Gasteiger charge is -2.37. The second-order valence-corrected chi connectivity index (χ2v) is 6.63. The molecule has 8 heteroatoms. The van der Waals surface area contributed by atoms with Gasteiger partial charge in [0.15, 0.2) is 0 Å². The Kier molecular flexibility index (Phi) is 5.41. The molecule has 26 heavy (non-hydrogen) atoms. The van der Waals surface area contributed by atoms with Crippen LogP contribution in [0.5, 0.6) is 0 Å². The van der Waals surface area contributed by atoms with E-state index in [2.05, 4.69) is 45.0 Å². The zero-order valence-corrected chi connectivity index (χ0v) is 15.1. The van der Waals surface area contributed by atoms with Gasteiger partial charge in [0.2, 0.25) is 0 Å². The van der Waals surface area contributed by atoms with Gasteiger partial charge in [0, 0.05) is 31.9 Å². The lowest BCUT2D eigenvalue weighted by molar-refractivity contribution is -0.143. The molecule has 0 saturated carbocycles. The van der Waals surface area contributed by atoms with Gasteiger partial charge in [0.05, 0.1) is 20.2 Å². The molecule has 0 spiro atoms. The van der Waals surface area contributed by atoms with Crippen molar-refractivity contribution in [1.29, 1.82) is 0 Å². The SMILES string of the molecule is COC(=O)C[C@H]1NC(=O)N(CN2CCN(c3cccc(C)c3)CC2)C1=O. The van der Waals surface area contributed by atoms with Gasteiger partial charge in [0.25, 0.3) is 5.91 Å². The maximum absolute atomic E-state index is 12.4. The van der Waals surface area contributed by atoms with Crippen LogP contribution in [0.25, 0.3) is 0 Å². The molecule has 1 N–H and O–H groups in total. The molecule has 8 nitrogen and oxygen atoms in total. The van der Waals surface area contributed by atoms with Crippen molar-refractivity contribution in [2.45, 2.75) is 19.4 Å². The number of hydrogen-bond acceptors (Lipinski definition) is 6. The van der Waals surface area contributed by atoms with Crippen LogP contribution >= 0.6 is 0 Å². The first-order valence-corrected chi connectivity index (χ1v) is 8.70. The number of ether oxygens (including phenoxy) is 1. The van der Waals surface area contributed by atoms with Gasteiger partial charge in [0.1, 0.15) is 6.04 Å². The van der Waals surface area contributed by atoms with Crippen molar-refractivity contribution in [2.24, 2.45) is 0 Å². The zero-order valence-electron chi connectivity index (χ0n) is 15.1. The van der Waals surface area contributed by atoms with Crippen molar-refractivity contribution < 1.29 is 19.1 Å². The molecule has 3 amide bonds. The fraction of sp³-hybridized carbons (Fsp3) is 0.500. The first-order chi connectivity index (χ1) is 12.5. The van der Waals surface area contributed by atoms with Crippen molar-refractivity contribution in [3.63, 3.8) is 0 Å². The van der Waals surface area contributed by atoms with Crippen LogP contribution in [-0.2, 0) is 14.3 Å². The van der Waals surface area contributed by atoms with Crippen molar-refractivity contribution in [3.8, 4) is 0 Å². The number of methoxy groups -OCH3 is 1. The Hall–Kier alpha value is -2.61. The number of hydrogen-bond donors (Lipinski definition) is 1. The van der Waals surface area contributed by atoms with Crippen molar-refractivity contribution >= 4 is 23.6 Å². The minimum Gasteiger partial charge on any atom is -0.469 e. The van der Waals surface area contributed by atoms with Crippen molar-refractivity contribution in [1.82, 2.24) is 15.1 Å². The standard InChI is InChI=1S/C18H24N4O4/c1-13-4-3-5-14(10-13)21-8-6-20(7-9-21)12-22-17(24)15(19-18(22)25)11-16(23)26-2/h3-5,10,15H,6-9,11-12H2,1-2H3,(H,19,25)/t15-/m1/s1. The molecule has 2 aliphatic heterocycles. The number of nitrogens with zero attached hydrogens (tertiary/aromatic N) is 3. The van der Waals surface area contributed by atoms with E-state index in [1.165, 1.54) is 23.3 Å². The second kappa shape index (κ2) is 7.74. The van der Waals surface area contributed by atoms with E-state index in [1.807, 2.05) is 6.07 Å². The van der Waals surface area contributed by atoms with Crippen molar-refractivity contribution in [2.75, 3.05) is 44.9 Å². The molecule has 3 rings (SSSR count). The fourth-order valence-corrected chi connectivity index (χ4v) is 3.27. The van der Waals surface area contributed by atoms with E-state index in [4.69, 9.17) is 0 Å². The molecule has 2 aliphatic rings. The number of imide groups is 1. The summed E-state index contributed by atoms with van der Waals surface area (Å²) in [6, 6.07) is 7.09. The number of nitrogens with one attached hydrogen (secondary N) is 1. The zero-order chi connectivity index (χ0) is 18.7. The number of aryl methyl sites for hydroxylation is 1. The molecule has 0 radical (unpaired) electrons. The van der Waals surface area contributed by atoms with E-state index in [0.29, 0.717) is 0 Å². The lowest BCUT2D eigenvalue weighted by Crippen LogP contribution is -2.51. The van der Waals surface area contributed by atoms with Gasteiger partial charge in [-0.25, -0.2) is 9.69 Å². The van der Waals surface area contributed by atoms with E-state index in [1.54, 1.807) is 0 Å². The molecule has 1 aromatic carbocycles. The average molecular weight is 360 g/mol. The molecule has 1 aromatic rings. The number of esters is 1. The number of rotatable bonds is 5. The van der Waals surface area contributed by atoms with Crippen LogP contribution in [0.4, 0.5) is 10.5 Å². The van der Waals surface area contributed by atoms with Crippen LogP contribution in [-0.4, -0.2) is 73.7 Å². The van der Waals surface area contributed by atoms with Crippen LogP contribution in [0.1, 0.15) is 12.0 Å². The van der Waals surface area contributed by atoms with Crippen LogP contribution in [0, 0.1) is 6.92 Å². The van der Waals surface area contributed by atoms with Gasteiger partial charge < -0.3 is 15.0 Å². The number of urea groups is 1. The molecule has 140 valence electrons. The quantitative estimate of drug-likeness (QED) is 0.610. The maximum atomic E-state index is 12.4. The van der Waals surface area contributed by atoms with Gasteiger partial charge in [-0.2, -0.15) is 0 Å². The van der Waals surface area contributed by atoms with E-state index in [-0.39, 0.29) is 19.0 Å². The molecule has 1 atom stereocenters. The topological polar surface area (TPSA) is 82.2 Å². The molecule has 0 unspecified atom stereocenters. The number of piperazine rings is 1. The first-order valence-electron chi connectivity index (χ1n) is 8.70. The summed E-state index contributed by atoms with van der Waals surface area (Å²) in [6.45, 7) is 5.49. The number of carbonyl (C=O) groups is 3. The highest BCUT2D eigenvalue weighted by atomic mass is 16.5. The summed E-state index contributed by atoms with van der Waals surface area (Å²) >= 11 is 0. The molecule has 2 fully saturated rings. The molecule has 2 heterocycles. The second-order valence-electron chi connectivity index (χ2n) is 6.63. The minimum absolute atomic E-state index is 0.140. The van der Waals surface area contributed by atoms with Crippen molar-refractivity contribution in [3.05, 3.63) is 29.8 Å². The van der Waals surface area contributed by atoms with E-state index in [0.717, 1.165) is 26.2 Å². The third kappa shape index (κ3) is 3.96. The molecular formula is C18H24N4O4. The van der Waals surface area contributed by atoms with E-state index in [9.17, 15) is 14.4 Å². The van der Waals surface area contributed by atoms with Gasteiger partial charge in [-0.3, -0.25) is 14.5 Å². The molecule has 0 aromatic heterocycles. The maximum Gasteiger partial charge on any atom is 0.325 e. The Bertz CT molecular complexity index is 700. The Labute approximate surface area is 152 Å². The Balaban J connectivity index is 1.53. The van der Waals surface area contributed by atoms with Gasteiger partial charge >= 0.3 is 12.0 Å². The normalized spacial score (nSPS) is 21.1. The summed E-state index contributed by atoms with van der Waals surface area (Å²) in [6.07, 6.45) is -0.140. The van der Waals surface area contributed by atoms with E-state index >= 15 is 0 Å². The summed E-state index contributed by atoms with van der Waals surface area (Å²) in [5, 5.41) is 2.55. The van der Waals surface area contributed by atoms with Crippen LogP contribution < -0.4 is 10.2 Å². The monoisotopic (exact) mass is 360 g/mol. The third-order valence-electron chi connectivity index (χ3n) is 4.79. The Morgan fingerprint density at radius 3 is 2.62 bits per heavy atom. The van der Waals surface area contributed by atoms with Gasteiger partial charge in [-0.1, -0.05) is 12.1 Å². The molecular weight excluding hydrogens is 336 g/mol. The summed E-state index contributed by atoms with van der Waals surface area (Å²) in [5.41, 5.74) is 2.42. The predicted octanol–water partition coefficient (Wildman–Crippen LogP) is 0.558. The Morgan fingerprint density at radius 1 is 1.23 bits per heavy atom. The van der Waals surface area contributed by atoms with Gasteiger partial charge in [-0.15, -0.1) is 0 Å². The lowest BCUT2D eigenvalue weighted by atomic mass is 10.2. The molecule has 2 saturated heterocycles. The summed E-state index contributed by atoms with van der Waals surface area (Å²) in [5.74, 6) is -0.890. The number of amides is 3. The summed E-state index contributed by atoms with van der Waals surface area (Å²) in [7, 11) is 1.26. The first kappa shape index (κ1) is 18.2. The number of anilines is 1. The summed E-state index contributed by atoms with van der Waals surface area (Å²) < 4.78 is 4.57. The largest absolute Gasteiger partial charge is 0.469 e. The number of carbonyl (C=O) groups excluding carboxylic acids is 3. The highest BCUT2D eigenvalue weighted by molar-refractivity contribution is 6.05. The average Bonchev–Trinajstić information content (AvgIpc) is 2.89. The Morgan fingerprint density at radius 2 is 1.96 bits per heavy atom. The van der Waals surface area contributed by atoms with Crippen LogP contribution in [0.15, 0.2) is 24.3 Å². The van der Waals surface area contributed by atoms with Crippen LogP contribution in [0.2, 0.25) is 0 Å². The molecule has 0 bridgehead atoms. The van der Waals surface area contributed by atoms with Gasteiger partial charge in [-0.05, 0) is 24.6 Å². The molecule has 0 aliphatic carbocycles. The predicted molar refractivity (Wildman–Crippen MR) is 95.6 cm³/mol. The fourth-order valence-electron chi connectivity index (χ4n) is 3.27. The summed E-state index contributed by atoms with van der Waals surface area (Å²) in [4.78, 5) is 41.3. The van der Waals surface area contributed by atoms with E-state index < -0.39 is 18.0 Å². The smallest absolute Gasteiger partial charge is 0.325 e. The third-order valence-corrected chi connectivity index (χ3v) is 4.79. The highest BCUT2D eigenvalue weighted by Gasteiger charge is 2.40. The highest BCUT2D eigenvalue weighted by Crippen LogP contribution is 2.18. The minimum atomic E-state index is -0.830. The van der Waals surface area contributed by atoms with Crippen LogP contribution in [0.3, 0.4) is 0 Å². The number of benzene rings is 1.